The van der Waals surface area contributed by atoms with E-state index in [0.29, 0.717) is 12.8 Å². The molecule has 0 spiro atoms. The van der Waals surface area contributed by atoms with Crippen LogP contribution < -0.4 is 5.32 Å². The average Bonchev–Trinajstić information content (AvgIpc) is 3.36. The van der Waals surface area contributed by atoms with Crippen molar-refractivity contribution in [2.75, 3.05) is 13.2 Å². The number of esters is 1. The average molecular weight is 986 g/mol. The summed E-state index contributed by atoms with van der Waals surface area (Å²) in [5.41, 5.74) is 0. The van der Waals surface area contributed by atoms with Gasteiger partial charge < -0.3 is 45.1 Å². The third-order valence-corrected chi connectivity index (χ3v) is 12.9. The van der Waals surface area contributed by atoms with Crippen molar-refractivity contribution >= 4 is 11.9 Å². The van der Waals surface area contributed by atoms with E-state index >= 15 is 0 Å². The largest absolute Gasteiger partial charge is 0.454 e. The molecule has 1 fully saturated rings. The molecule has 1 rings (SSSR count). The first-order valence-corrected chi connectivity index (χ1v) is 28.3. The Kier molecular flexibility index (Phi) is 43.8. The molecule has 11 nitrogen and oxygen atoms in total. The molecule has 0 aromatic heterocycles. The van der Waals surface area contributed by atoms with Crippen molar-refractivity contribution in [3.63, 3.8) is 0 Å². The SMILES string of the molecule is CC/C=C/C=C/C=C\C=C/CCCCC(O)C(=O)NC(COC1OC(CO)C(O)C(O)C1OC(=O)CCCCCCCCC/C=C/CCCCCCCC)C(O)/C=C/CCCCCCCCCCCC. The lowest BCUT2D eigenvalue weighted by Crippen LogP contribution is -2.61. The minimum Gasteiger partial charge on any atom is -0.454 e. The highest BCUT2D eigenvalue weighted by Gasteiger charge is 2.47. The molecule has 0 bridgehead atoms. The molecule has 8 atom stereocenters. The van der Waals surface area contributed by atoms with Gasteiger partial charge in [-0.25, -0.2) is 0 Å². The molecule has 1 aliphatic heterocycles. The van der Waals surface area contributed by atoms with Crippen LogP contribution in [0.1, 0.15) is 226 Å². The Hall–Kier alpha value is -2.90. The number of amides is 1. The van der Waals surface area contributed by atoms with Gasteiger partial charge in [0.2, 0.25) is 5.91 Å². The Morgan fingerprint density at radius 1 is 0.571 bits per heavy atom. The maximum Gasteiger partial charge on any atom is 0.306 e. The lowest BCUT2D eigenvalue weighted by Gasteiger charge is -2.41. The van der Waals surface area contributed by atoms with Crippen molar-refractivity contribution in [1.82, 2.24) is 5.32 Å². The monoisotopic (exact) mass is 986 g/mol. The molecule has 70 heavy (non-hydrogen) atoms. The van der Waals surface area contributed by atoms with Crippen molar-refractivity contribution in [1.29, 1.82) is 0 Å². The third kappa shape index (κ3) is 35.3. The Morgan fingerprint density at radius 3 is 1.59 bits per heavy atom. The maximum absolute atomic E-state index is 13.3. The summed E-state index contributed by atoms with van der Waals surface area (Å²) in [4.78, 5) is 26.4. The second kappa shape index (κ2) is 47.1. The molecule has 1 saturated heterocycles. The maximum atomic E-state index is 13.3. The number of rotatable bonds is 46. The van der Waals surface area contributed by atoms with Crippen LogP contribution in [-0.4, -0.2) is 99.6 Å². The van der Waals surface area contributed by atoms with Crippen LogP contribution in [0.15, 0.2) is 72.9 Å². The molecule has 11 heteroatoms. The fourth-order valence-corrected chi connectivity index (χ4v) is 8.42. The third-order valence-electron chi connectivity index (χ3n) is 12.9. The van der Waals surface area contributed by atoms with E-state index in [1.54, 1.807) is 6.08 Å². The van der Waals surface area contributed by atoms with Crippen molar-refractivity contribution in [3.8, 4) is 0 Å². The minimum atomic E-state index is -1.62. The number of nitrogens with one attached hydrogen (secondary N) is 1. The summed E-state index contributed by atoms with van der Waals surface area (Å²) in [6, 6.07) is -1.05. The van der Waals surface area contributed by atoms with Crippen LogP contribution in [-0.2, 0) is 23.8 Å². The van der Waals surface area contributed by atoms with E-state index in [2.05, 4.69) is 44.3 Å². The quantitative estimate of drug-likeness (QED) is 0.0149. The molecule has 0 aromatic rings. The molecule has 0 radical (unpaired) electrons. The Labute approximate surface area is 426 Å². The predicted octanol–water partition coefficient (Wildman–Crippen LogP) is 12.4. The molecular weight excluding hydrogens is 883 g/mol. The lowest BCUT2D eigenvalue weighted by atomic mass is 9.99. The van der Waals surface area contributed by atoms with Gasteiger partial charge in [-0.3, -0.25) is 9.59 Å². The molecule has 0 saturated carbocycles. The zero-order valence-electron chi connectivity index (χ0n) is 44.4. The molecule has 0 aliphatic carbocycles. The van der Waals surface area contributed by atoms with E-state index < -0.39 is 67.4 Å². The normalized spacial score (nSPS) is 20.3. The summed E-state index contributed by atoms with van der Waals surface area (Å²) < 4.78 is 17.5. The summed E-state index contributed by atoms with van der Waals surface area (Å²) in [6.45, 7) is 5.59. The number of carbonyl (C=O) groups excluding carboxylic acids is 2. The van der Waals surface area contributed by atoms with Crippen LogP contribution >= 0.6 is 0 Å². The molecule has 1 aliphatic rings. The van der Waals surface area contributed by atoms with E-state index in [0.717, 1.165) is 77.0 Å². The summed E-state index contributed by atoms with van der Waals surface area (Å²) in [5.74, 6) is -1.24. The molecular formula is C59H103NO10. The topological polar surface area (TPSA) is 175 Å². The molecule has 1 amide bonds. The smallest absolute Gasteiger partial charge is 0.306 e. The number of unbranched alkanes of at least 4 members (excludes halogenated alkanes) is 25. The second-order valence-corrected chi connectivity index (χ2v) is 19.4. The van der Waals surface area contributed by atoms with E-state index in [4.69, 9.17) is 14.2 Å². The fourth-order valence-electron chi connectivity index (χ4n) is 8.42. The van der Waals surface area contributed by atoms with Crippen molar-refractivity contribution in [3.05, 3.63) is 72.9 Å². The van der Waals surface area contributed by atoms with Gasteiger partial charge in [0.25, 0.3) is 0 Å². The zero-order chi connectivity index (χ0) is 51.1. The molecule has 8 unspecified atom stereocenters. The van der Waals surface area contributed by atoms with Crippen LogP contribution in [0.2, 0.25) is 0 Å². The van der Waals surface area contributed by atoms with Gasteiger partial charge in [0.05, 0.1) is 25.4 Å². The van der Waals surface area contributed by atoms with Crippen LogP contribution in [0, 0.1) is 0 Å². The summed E-state index contributed by atoms with van der Waals surface area (Å²) in [7, 11) is 0. The van der Waals surface area contributed by atoms with Gasteiger partial charge >= 0.3 is 5.97 Å². The van der Waals surface area contributed by atoms with E-state index in [-0.39, 0.29) is 19.4 Å². The van der Waals surface area contributed by atoms with Crippen LogP contribution in [0.5, 0.6) is 0 Å². The lowest BCUT2D eigenvalue weighted by molar-refractivity contribution is -0.305. The molecule has 6 N–H and O–H groups in total. The highest BCUT2D eigenvalue weighted by Crippen LogP contribution is 2.26. The number of hydrogen-bond acceptors (Lipinski definition) is 10. The zero-order valence-corrected chi connectivity index (χ0v) is 44.4. The summed E-state index contributed by atoms with van der Waals surface area (Å²) in [5, 5.41) is 56.7. The molecule has 0 aromatic carbocycles. The van der Waals surface area contributed by atoms with Crippen LogP contribution in [0.3, 0.4) is 0 Å². The predicted molar refractivity (Wildman–Crippen MR) is 287 cm³/mol. The van der Waals surface area contributed by atoms with Crippen molar-refractivity contribution < 1.29 is 49.3 Å². The number of hydrogen-bond donors (Lipinski definition) is 6. The van der Waals surface area contributed by atoms with E-state index in [1.807, 2.05) is 48.6 Å². The number of aliphatic hydroxyl groups excluding tert-OH is 5. The van der Waals surface area contributed by atoms with Crippen LogP contribution in [0.4, 0.5) is 0 Å². The molecule has 404 valence electrons. The van der Waals surface area contributed by atoms with Gasteiger partial charge in [-0.1, -0.05) is 222 Å². The molecule has 1 heterocycles. The first kappa shape index (κ1) is 65.1. The first-order valence-electron chi connectivity index (χ1n) is 28.3. The Balaban J connectivity index is 2.75. The van der Waals surface area contributed by atoms with E-state index in [9.17, 15) is 35.1 Å². The Morgan fingerprint density at radius 2 is 1.04 bits per heavy atom. The number of aliphatic hydroxyl groups is 5. The van der Waals surface area contributed by atoms with Gasteiger partial charge in [-0.2, -0.15) is 0 Å². The van der Waals surface area contributed by atoms with Gasteiger partial charge in [0, 0.05) is 6.42 Å². The summed E-state index contributed by atoms with van der Waals surface area (Å²) >= 11 is 0. The number of ether oxygens (including phenoxy) is 3. The standard InChI is InChI=1S/C59H103NO10/c1-4-7-10-13-16-19-22-25-26-27-28-29-32-35-38-41-44-47-54(64)70-57-56(66)55(65)53(48-61)69-59(57)68-49-50(51(62)45-42-39-36-33-30-23-20-17-14-11-8-5-2)60-58(67)52(63)46-43-40-37-34-31-24-21-18-15-12-9-6-3/h9,12,15,18,21,24-26,31,34,42,45,50-53,55-57,59,61-63,65-66H,4-8,10-11,13-14,16-17,19-20,22-23,27-30,32-33,35-41,43-44,46-49H2,1-3H3,(H,60,67)/b12-9+,18-15+,24-21-,26-25+,34-31-,45-42+. The van der Waals surface area contributed by atoms with Gasteiger partial charge in [0.15, 0.2) is 12.4 Å². The minimum absolute atomic E-state index is 0.111. The van der Waals surface area contributed by atoms with Crippen molar-refractivity contribution in [2.45, 2.75) is 275 Å². The highest BCUT2D eigenvalue weighted by atomic mass is 16.7. The second-order valence-electron chi connectivity index (χ2n) is 19.4. The van der Waals surface area contributed by atoms with Gasteiger partial charge in [-0.05, 0) is 70.6 Å². The number of allylic oxidation sites excluding steroid dienone is 11. The Bertz CT molecular complexity index is 1410. The van der Waals surface area contributed by atoms with Gasteiger partial charge in [0.1, 0.15) is 24.4 Å². The number of carbonyl (C=O) groups is 2. The van der Waals surface area contributed by atoms with Crippen LogP contribution in [0.25, 0.3) is 0 Å². The van der Waals surface area contributed by atoms with Crippen molar-refractivity contribution in [2.24, 2.45) is 0 Å². The first-order chi connectivity index (χ1) is 34.2. The highest BCUT2D eigenvalue weighted by molar-refractivity contribution is 5.80. The van der Waals surface area contributed by atoms with Gasteiger partial charge in [-0.15, -0.1) is 0 Å². The fraction of sp³-hybridized carbons (Fsp3) is 0.763. The summed E-state index contributed by atoms with van der Waals surface area (Å²) in [6.07, 6.45) is 48.1. The van der Waals surface area contributed by atoms with E-state index in [1.165, 1.54) is 103 Å².